The lowest BCUT2D eigenvalue weighted by Gasteiger charge is -2.36. The number of carbonyl (C=O) groups is 3. The molecule has 0 amide bonds. The molecule has 138 valence electrons. The van der Waals surface area contributed by atoms with E-state index in [1.54, 1.807) is 24.3 Å². The van der Waals surface area contributed by atoms with Crippen molar-refractivity contribution in [1.82, 2.24) is 4.90 Å². The first-order chi connectivity index (χ1) is 13.0. The number of rotatable bonds is 4. The zero-order valence-electron chi connectivity index (χ0n) is 15.2. The number of esters is 2. The summed E-state index contributed by atoms with van der Waals surface area (Å²) in [5.41, 5.74) is 1.39. The maximum atomic E-state index is 13.0. The minimum Gasteiger partial charge on any atom is -0.467 e. The number of nitrogens with zero attached hydrogens (tertiary/aromatic N) is 2. The molecule has 1 aliphatic carbocycles. The van der Waals surface area contributed by atoms with Crippen LogP contribution in [0, 0.1) is 11.3 Å². The Morgan fingerprint density at radius 1 is 1.15 bits per heavy atom. The summed E-state index contributed by atoms with van der Waals surface area (Å²) < 4.78 is 9.83. The third-order valence-electron chi connectivity index (χ3n) is 4.70. The number of hydrogen-bond acceptors (Lipinski definition) is 7. The van der Waals surface area contributed by atoms with Gasteiger partial charge < -0.3 is 14.4 Å². The summed E-state index contributed by atoms with van der Waals surface area (Å²) >= 11 is 0. The van der Waals surface area contributed by atoms with E-state index in [1.807, 2.05) is 6.92 Å². The number of nitriles is 1. The number of fused-ring (bicyclic) bond motifs is 3. The van der Waals surface area contributed by atoms with Crippen molar-refractivity contribution in [2.45, 2.75) is 19.4 Å². The molecule has 1 atom stereocenters. The molecule has 0 fully saturated rings. The number of carbonyl (C=O) groups excluding carboxylic acids is 3. The normalized spacial score (nSPS) is 18.1. The first kappa shape index (κ1) is 18.4. The van der Waals surface area contributed by atoms with Crippen molar-refractivity contribution in [2.24, 2.45) is 0 Å². The van der Waals surface area contributed by atoms with Crippen molar-refractivity contribution in [3.8, 4) is 6.07 Å². The molecule has 0 saturated heterocycles. The van der Waals surface area contributed by atoms with Gasteiger partial charge in [0, 0.05) is 17.7 Å². The summed E-state index contributed by atoms with van der Waals surface area (Å²) in [4.78, 5) is 39.7. The second-order valence-corrected chi connectivity index (χ2v) is 6.11. The molecule has 0 saturated carbocycles. The van der Waals surface area contributed by atoms with Crippen LogP contribution in [0.1, 0.15) is 29.3 Å². The van der Waals surface area contributed by atoms with Crippen LogP contribution in [0.25, 0.3) is 5.57 Å². The van der Waals surface area contributed by atoms with Gasteiger partial charge in [0.1, 0.15) is 11.8 Å². The second-order valence-electron chi connectivity index (χ2n) is 6.11. The highest BCUT2D eigenvalue weighted by atomic mass is 16.5. The Morgan fingerprint density at radius 2 is 1.81 bits per heavy atom. The van der Waals surface area contributed by atoms with Crippen LogP contribution in [-0.4, -0.2) is 49.4 Å². The number of methoxy groups -OCH3 is 2. The molecule has 1 aliphatic heterocycles. The van der Waals surface area contributed by atoms with Gasteiger partial charge in [-0.15, -0.1) is 0 Å². The third kappa shape index (κ3) is 2.61. The smallest absolute Gasteiger partial charge is 0.337 e. The summed E-state index contributed by atoms with van der Waals surface area (Å²) in [6.07, 6.45) is 0.594. The van der Waals surface area contributed by atoms with Crippen LogP contribution in [0.15, 0.2) is 41.1 Å². The molecule has 7 heteroatoms. The summed E-state index contributed by atoms with van der Waals surface area (Å²) in [5, 5.41) is 9.79. The van der Waals surface area contributed by atoms with E-state index in [0.717, 1.165) is 0 Å². The van der Waals surface area contributed by atoms with Crippen molar-refractivity contribution in [2.75, 3.05) is 20.8 Å². The lowest BCUT2D eigenvalue weighted by molar-refractivity contribution is -0.148. The van der Waals surface area contributed by atoms with E-state index in [1.165, 1.54) is 19.1 Å². The Hall–Kier alpha value is -3.40. The molecular weight excluding hydrogens is 348 g/mol. The van der Waals surface area contributed by atoms with E-state index >= 15 is 0 Å². The minimum atomic E-state index is -1.16. The first-order valence-corrected chi connectivity index (χ1v) is 8.47. The van der Waals surface area contributed by atoms with Gasteiger partial charge in [0.15, 0.2) is 11.8 Å². The zero-order chi connectivity index (χ0) is 19.7. The average molecular weight is 366 g/mol. The van der Waals surface area contributed by atoms with E-state index in [-0.39, 0.29) is 28.2 Å². The summed E-state index contributed by atoms with van der Waals surface area (Å²) in [5.74, 6) is -1.77. The third-order valence-corrected chi connectivity index (χ3v) is 4.70. The predicted molar refractivity (Wildman–Crippen MR) is 95.1 cm³/mol. The number of Topliss-reactive ketones (excluding diaryl/α,β-unsaturated/α-hetero) is 1. The fraction of sp³-hybridized carbons (Fsp3) is 0.300. The molecule has 1 aromatic carbocycles. The summed E-state index contributed by atoms with van der Waals surface area (Å²) in [6.45, 7) is 2.17. The van der Waals surface area contributed by atoms with E-state index in [4.69, 9.17) is 9.47 Å². The van der Waals surface area contributed by atoms with Crippen molar-refractivity contribution < 1.29 is 23.9 Å². The van der Waals surface area contributed by atoms with Crippen LogP contribution >= 0.6 is 0 Å². The van der Waals surface area contributed by atoms with Gasteiger partial charge >= 0.3 is 11.9 Å². The molecule has 0 spiro atoms. The minimum absolute atomic E-state index is 0.0186. The quantitative estimate of drug-likeness (QED) is 0.750. The average Bonchev–Trinajstić information content (AvgIpc) is 2.99. The zero-order valence-corrected chi connectivity index (χ0v) is 15.2. The number of ketones is 1. The Bertz CT molecular complexity index is 951. The van der Waals surface area contributed by atoms with Gasteiger partial charge in [-0.1, -0.05) is 31.2 Å². The van der Waals surface area contributed by atoms with Gasteiger partial charge in [-0.2, -0.15) is 5.26 Å². The number of allylic oxidation sites excluding steroid dienone is 3. The standard InChI is InChI=1S/C20H18N2O5/c1-4-9-22-13(10-21)15-14(11-7-5-6-8-12(11)18(15)23)16(19(24)26-2)17(22)20(25)27-3/h5-8,17H,4,9H2,1-3H3. The Morgan fingerprint density at radius 3 is 2.37 bits per heavy atom. The maximum absolute atomic E-state index is 13.0. The lowest BCUT2D eigenvalue weighted by Crippen LogP contribution is -2.48. The van der Waals surface area contributed by atoms with Gasteiger partial charge in [-0.3, -0.25) is 4.79 Å². The first-order valence-electron chi connectivity index (χ1n) is 8.47. The highest BCUT2D eigenvalue weighted by Crippen LogP contribution is 2.46. The molecule has 1 unspecified atom stereocenters. The molecule has 0 N–H and O–H groups in total. The monoisotopic (exact) mass is 366 g/mol. The van der Waals surface area contributed by atoms with E-state index < -0.39 is 18.0 Å². The molecule has 3 rings (SSSR count). The van der Waals surface area contributed by atoms with Gasteiger partial charge in [0.25, 0.3) is 0 Å². The van der Waals surface area contributed by atoms with Crippen LogP contribution in [-0.2, 0) is 19.1 Å². The highest BCUT2D eigenvalue weighted by molar-refractivity contribution is 6.31. The molecule has 0 aromatic heterocycles. The summed E-state index contributed by atoms with van der Waals surface area (Å²) in [7, 11) is 2.42. The van der Waals surface area contributed by atoms with E-state index in [9.17, 15) is 19.6 Å². The van der Waals surface area contributed by atoms with Gasteiger partial charge in [0.2, 0.25) is 0 Å². The predicted octanol–water partition coefficient (Wildman–Crippen LogP) is 1.85. The molecule has 2 aliphatic rings. The van der Waals surface area contributed by atoms with Crippen LogP contribution in [0.5, 0.6) is 0 Å². The SMILES string of the molecule is CCCN1C(C#N)=C2C(=O)c3ccccc3C2=C(C(=O)OC)C1C(=O)OC. The molecule has 7 nitrogen and oxygen atoms in total. The van der Waals surface area contributed by atoms with Crippen LogP contribution in [0.4, 0.5) is 0 Å². The van der Waals surface area contributed by atoms with Crippen LogP contribution < -0.4 is 0 Å². The lowest BCUT2D eigenvalue weighted by atomic mass is 9.87. The van der Waals surface area contributed by atoms with E-state index in [2.05, 4.69) is 6.07 Å². The largest absolute Gasteiger partial charge is 0.467 e. The van der Waals surface area contributed by atoms with Crippen molar-refractivity contribution in [1.29, 1.82) is 5.26 Å². The Kier molecular flexibility index (Phi) is 4.82. The molecule has 27 heavy (non-hydrogen) atoms. The topological polar surface area (TPSA) is 96.7 Å². The number of benzene rings is 1. The number of hydrogen-bond donors (Lipinski definition) is 0. The fourth-order valence-corrected chi connectivity index (χ4v) is 3.64. The van der Waals surface area contributed by atoms with Crippen molar-refractivity contribution in [3.05, 3.63) is 52.2 Å². The highest BCUT2D eigenvalue weighted by Gasteiger charge is 2.48. The Balaban J connectivity index is 2.44. The van der Waals surface area contributed by atoms with Gasteiger partial charge in [-0.05, 0) is 12.0 Å². The van der Waals surface area contributed by atoms with Gasteiger partial charge in [0.05, 0.1) is 25.4 Å². The molecule has 1 aromatic rings. The fourth-order valence-electron chi connectivity index (χ4n) is 3.64. The maximum Gasteiger partial charge on any atom is 0.337 e. The summed E-state index contributed by atoms with van der Waals surface area (Å²) in [6, 6.07) is 7.66. The van der Waals surface area contributed by atoms with E-state index in [0.29, 0.717) is 24.1 Å². The van der Waals surface area contributed by atoms with Crippen molar-refractivity contribution in [3.63, 3.8) is 0 Å². The molecule has 0 bridgehead atoms. The van der Waals surface area contributed by atoms with Gasteiger partial charge in [-0.25, -0.2) is 9.59 Å². The second kappa shape index (κ2) is 7.08. The van der Waals surface area contributed by atoms with Crippen LogP contribution in [0.3, 0.4) is 0 Å². The molecule has 0 radical (unpaired) electrons. The number of ether oxygens (including phenoxy) is 2. The molecule has 1 heterocycles. The Labute approximate surface area is 156 Å². The van der Waals surface area contributed by atoms with Crippen LogP contribution in [0.2, 0.25) is 0 Å². The molecular formula is C20H18N2O5. The van der Waals surface area contributed by atoms with Crippen molar-refractivity contribution >= 4 is 23.3 Å².